The molecule has 3 aromatic rings. The normalized spacial score (nSPS) is 10.1. The number of aromatic carboxylic acids is 2. The van der Waals surface area contributed by atoms with Crippen LogP contribution in [0.4, 0.5) is 0 Å². The Bertz CT molecular complexity index is 1220. The van der Waals surface area contributed by atoms with Gasteiger partial charge in [0.2, 0.25) is 0 Å². The van der Waals surface area contributed by atoms with Crippen LogP contribution in [-0.2, 0) is 9.47 Å². The van der Waals surface area contributed by atoms with Gasteiger partial charge in [0.1, 0.15) is 0 Å². The van der Waals surface area contributed by atoms with E-state index in [4.69, 9.17) is 19.7 Å². The number of carbonyl (C=O) groups excluding carboxylic acids is 4. The number of carboxylic acids is 2. The summed E-state index contributed by atoms with van der Waals surface area (Å²) in [5.41, 5.74) is -0.791. The first-order valence-corrected chi connectivity index (χ1v) is 9.45. The zero-order chi connectivity index (χ0) is 24.8. The van der Waals surface area contributed by atoms with E-state index in [0.29, 0.717) is 0 Å². The van der Waals surface area contributed by atoms with E-state index in [1.165, 1.54) is 36.4 Å². The number of esters is 4. The smallest absolute Gasteiger partial charge is 0.346 e. The lowest BCUT2D eigenvalue weighted by Gasteiger charge is -2.06. The Kier molecular flexibility index (Phi) is 6.92. The van der Waals surface area contributed by atoms with Gasteiger partial charge in [-0.2, -0.15) is 0 Å². The fourth-order valence-corrected chi connectivity index (χ4v) is 2.70. The number of ether oxygens (including phenoxy) is 2. The predicted molar refractivity (Wildman–Crippen MR) is 113 cm³/mol. The van der Waals surface area contributed by atoms with Crippen LogP contribution in [0.5, 0.6) is 0 Å². The van der Waals surface area contributed by atoms with Crippen LogP contribution in [0.25, 0.3) is 0 Å². The molecule has 3 aromatic carbocycles. The highest BCUT2D eigenvalue weighted by Gasteiger charge is 2.19. The van der Waals surface area contributed by atoms with E-state index in [1.54, 1.807) is 0 Å². The maximum atomic E-state index is 12.2. The number of carboxylic acid groups (broad SMARTS) is 2. The number of hydrogen-bond donors (Lipinski definition) is 2. The van der Waals surface area contributed by atoms with Gasteiger partial charge in [-0.3, -0.25) is 0 Å². The van der Waals surface area contributed by atoms with E-state index in [9.17, 15) is 28.8 Å². The Hall–Kier alpha value is -5.12. The largest absolute Gasteiger partial charge is 0.478 e. The quantitative estimate of drug-likeness (QED) is 0.411. The molecule has 3 rings (SSSR count). The molecule has 0 heterocycles. The number of benzene rings is 3. The standard InChI is InChI=1S/C24H14O10/c25-19(26)15-3-1-5-17(11-15)23(31)33-21(29)13-7-9-14(10-8-13)22(30)34-24(32)18-6-2-4-16(12-18)20(27)28/h1-12H,(H,25,26)(H,27,28). The molecule has 0 saturated heterocycles. The van der Waals surface area contributed by atoms with Crippen LogP contribution >= 0.6 is 0 Å². The van der Waals surface area contributed by atoms with E-state index < -0.39 is 35.8 Å². The maximum absolute atomic E-state index is 12.2. The van der Waals surface area contributed by atoms with Crippen LogP contribution in [-0.4, -0.2) is 46.0 Å². The molecule has 0 spiro atoms. The molecule has 0 aliphatic heterocycles. The second kappa shape index (κ2) is 10.0. The fraction of sp³-hybridized carbons (Fsp3) is 0. The average molecular weight is 462 g/mol. The van der Waals surface area contributed by atoms with Crippen molar-refractivity contribution in [2.45, 2.75) is 0 Å². The van der Waals surface area contributed by atoms with Gasteiger partial charge >= 0.3 is 35.8 Å². The summed E-state index contributed by atoms with van der Waals surface area (Å²) in [4.78, 5) is 70.6. The van der Waals surface area contributed by atoms with Gasteiger partial charge in [0, 0.05) is 0 Å². The molecule has 170 valence electrons. The molecule has 0 aliphatic carbocycles. The Morgan fingerprint density at radius 3 is 1.06 bits per heavy atom. The van der Waals surface area contributed by atoms with Crippen molar-refractivity contribution in [1.29, 1.82) is 0 Å². The Morgan fingerprint density at radius 1 is 0.441 bits per heavy atom. The molecule has 10 heteroatoms. The molecule has 0 unspecified atom stereocenters. The van der Waals surface area contributed by atoms with Crippen molar-refractivity contribution >= 4 is 35.8 Å². The van der Waals surface area contributed by atoms with Crippen LogP contribution in [0.3, 0.4) is 0 Å². The molecular formula is C24H14O10. The summed E-state index contributed by atoms with van der Waals surface area (Å²) in [6, 6.07) is 14.5. The molecule has 0 bridgehead atoms. The molecule has 0 atom stereocenters. The van der Waals surface area contributed by atoms with Gasteiger partial charge in [-0.25, -0.2) is 28.8 Å². The Balaban J connectivity index is 1.65. The second-order valence-corrected chi connectivity index (χ2v) is 6.70. The van der Waals surface area contributed by atoms with E-state index in [0.717, 1.165) is 36.4 Å². The molecule has 0 aliphatic rings. The van der Waals surface area contributed by atoms with Crippen LogP contribution in [0.1, 0.15) is 62.1 Å². The number of hydrogen-bond acceptors (Lipinski definition) is 8. The molecule has 34 heavy (non-hydrogen) atoms. The molecule has 0 radical (unpaired) electrons. The van der Waals surface area contributed by atoms with Crippen LogP contribution in [0.15, 0.2) is 72.8 Å². The summed E-state index contributed by atoms with van der Waals surface area (Å²) in [6.45, 7) is 0. The minimum Gasteiger partial charge on any atom is -0.478 e. The van der Waals surface area contributed by atoms with Crippen molar-refractivity contribution in [2.24, 2.45) is 0 Å². The van der Waals surface area contributed by atoms with Crippen LogP contribution in [0, 0.1) is 0 Å². The molecule has 0 fully saturated rings. The highest BCUT2D eigenvalue weighted by atomic mass is 16.6. The summed E-state index contributed by atoms with van der Waals surface area (Å²) in [7, 11) is 0. The zero-order valence-electron chi connectivity index (χ0n) is 17.1. The molecule has 0 saturated carbocycles. The zero-order valence-corrected chi connectivity index (χ0v) is 17.1. The minimum absolute atomic E-state index is 0.0974. The SMILES string of the molecule is O=C(O)c1cccc(C(=O)OC(=O)c2ccc(C(=O)OC(=O)c3cccc(C(=O)O)c3)cc2)c1. The van der Waals surface area contributed by atoms with E-state index in [2.05, 4.69) is 0 Å². The number of carbonyl (C=O) groups is 6. The highest BCUT2D eigenvalue weighted by Crippen LogP contribution is 2.13. The molecular weight excluding hydrogens is 448 g/mol. The predicted octanol–water partition coefficient (Wildman–Crippen LogP) is 3.08. The Labute approximate surface area is 191 Å². The monoisotopic (exact) mass is 462 g/mol. The molecule has 2 N–H and O–H groups in total. The molecule has 0 aromatic heterocycles. The highest BCUT2D eigenvalue weighted by molar-refractivity contribution is 6.05. The molecule has 10 nitrogen and oxygen atoms in total. The summed E-state index contributed by atoms with van der Waals surface area (Å²) in [5.74, 6) is -6.73. The van der Waals surface area contributed by atoms with Gasteiger partial charge in [-0.15, -0.1) is 0 Å². The summed E-state index contributed by atoms with van der Waals surface area (Å²) in [6.07, 6.45) is 0. The Morgan fingerprint density at radius 2 is 0.735 bits per heavy atom. The topological polar surface area (TPSA) is 161 Å². The van der Waals surface area contributed by atoms with Crippen LogP contribution < -0.4 is 0 Å². The third-order valence-electron chi connectivity index (χ3n) is 4.42. The first kappa shape index (κ1) is 23.5. The van der Waals surface area contributed by atoms with Crippen LogP contribution in [0.2, 0.25) is 0 Å². The first-order chi connectivity index (χ1) is 16.2. The van der Waals surface area contributed by atoms with E-state index in [1.807, 2.05) is 0 Å². The minimum atomic E-state index is -1.25. The fourth-order valence-electron chi connectivity index (χ4n) is 2.70. The number of rotatable bonds is 6. The lowest BCUT2D eigenvalue weighted by atomic mass is 10.1. The van der Waals surface area contributed by atoms with Crippen molar-refractivity contribution < 1.29 is 48.5 Å². The molecule has 0 amide bonds. The van der Waals surface area contributed by atoms with Crippen molar-refractivity contribution in [3.63, 3.8) is 0 Å². The van der Waals surface area contributed by atoms with Gasteiger partial charge in [0.15, 0.2) is 0 Å². The van der Waals surface area contributed by atoms with Gasteiger partial charge in [0.05, 0.1) is 33.4 Å². The summed E-state index contributed by atoms with van der Waals surface area (Å²) >= 11 is 0. The first-order valence-electron chi connectivity index (χ1n) is 9.45. The van der Waals surface area contributed by atoms with Crippen molar-refractivity contribution in [3.05, 3.63) is 106 Å². The summed E-state index contributed by atoms with van der Waals surface area (Å²) in [5, 5.41) is 17.9. The van der Waals surface area contributed by atoms with Crippen molar-refractivity contribution in [2.75, 3.05) is 0 Å². The second-order valence-electron chi connectivity index (χ2n) is 6.70. The van der Waals surface area contributed by atoms with Gasteiger partial charge in [0.25, 0.3) is 0 Å². The van der Waals surface area contributed by atoms with Gasteiger partial charge in [-0.1, -0.05) is 12.1 Å². The van der Waals surface area contributed by atoms with E-state index >= 15 is 0 Å². The van der Waals surface area contributed by atoms with Gasteiger partial charge < -0.3 is 19.7 Å². The third kappa shape index (κ3) is 5.56. The van der Waals surface area contributed by atoms with Gasteiger partial charge in [-0.05, 0) is 60.7 Å². The van der Waals surface area contributed by atoms with E-state index in [-0.39, 0.29) is 33.4 Å². The third-order valence-corrected chi connectivity index (χ3v) is 4.42. The van der Waals surface area contributed by atoms with Crippen molar-refractivity contribution in [1.82, 2.24) is 0 Å². The van der Waals surface area contributed by atoms with Crippen molar-refractivity contribution in [3.8, 4) is 0 Å². The lowest BCUT2D eigenvalue weighted by molar-refractivity contribution is 0.0376. The maximum Gasteiger partial charge on any atom is 0.346 e. The summed E-state index contributed by atoms with van der Waals surface area (Å²) < 4.78 is 9.44. The lowest BCUT2D eigenvalue weighted by Crippen LogP contribution is -2.15. The average Bonchev–Trinajstić information content (AvgIpc) is 2.84.